The summed E-state index contributed by atoms with van der Waals surface area (Å²) in [7, 11) is 0. The van der Waals surface area contributed by atoms with Crippen LogP contribution in [0.3, 0.4) is 0 Å². The Morgan fingerprint density at radius 3 is 3.22 bits per heavy atom. The summed E-state index contributed by atoms with van der Waals surface area (Å²) in [4.78, 5) is 0. The lowest BCUT2D eigenvalue weighted by Gasteiger charge is -1.86. The highest BCUT2D eigenvalue weighted by Gasteiger charge is 1.93. The van der Waals surface area contributed by atoms with Gasteiger partial charge >= 0.3 is 0 Å². The molecule has 1 aromatic rings. The van der Waals surface area contributed by atoms with Crippen molar-refractivity contribution in [2.24, 2.45) is 0 Å². The van der Waals surface area contributed by atoms with Crippen LogP contribution in [0.15, 0.2) is 9.85 Å². The van der Waals surface area contributed by atoms with E-state index < -0.39 is 0 Å². The Morgan fingerprint density at radius 1 is 1.78 bits per heavy atom. The lowest BCUT2D eigenvalue weighted by atomic mass is 11.0. The molecule has 50 valence electrons. The minimum Gasteiger partial charge on any atom is -0.146 e. The van der Waals surface area contributed by atoms with Crippen molar-refractivity contribution in [3.63, 3.8) is 0 Å². The van der Waals surface area contributed by atoms with Gasteiger partial charge in [-0.15, -0.1) is 10.2 Å². The van der Waals surface area contributed by atoms with E-state index in [1.165, 1.54) is 0 Å². The van der Waals surface area contributed by atoms with E-state index in [9.17, 15) is 0 Å². The van der Waals surface area contributed by atoms with Gasteiger partial charge in [-0.05, 0) is 0 Å². The fraction of sp³-hybridized carbons (Fsp3) is 0.500. The molecule has 0 radical (unpaired) electrons. The molecule has 0 aliphatic carbocycles. The number of nitrogens with zero attached hydrogens (tertiary/aromatic N) is 2. The first-order valence-corrected chi connectivity index (χ1v) is 5.37. The summed E-state index contributed by atoms with van der Waals surface area (Å²) >= 11 is 6.64. The molecule has 0 bridgehead atoms. The molecule has 5 heteroatoms. The molecule has 0 saturated heterocycles. The Labute approximate surface area is 70.2 Å². The predicted molar refractivity (Wildman–Crippen MR) is 44.4 cm³/mol. The summed E-state index contributed by atoms with van der Waals surface area (Å²) < 4.78 is 1.05. The molecule has 0 aliphatic rings. The van der Waals surface area contributed by atoms with E-state index in [0.29, 0.717) is 0 Å². The average Bonchev–Trinajstić information content (AvgIpc) is 2.34. The van der Waals surface area contributed by atoms with Crippen molar-refractivity contribution in [3.05, 3.63) is 5.51 Å². The summed E-state index contributed by atoms with van der Waals surface area (Å²) in [6, 6.07) is 0. The number of halogens is 1. The zero-order valence-corrected chi connectivity index (χ0v) is 7.80. The normalized spacial score (nSPS) is 9.89. The molecule has 0 amide bonds. The van der Waals surface area contributed by atoms with Gasteiger partial charge in [0.2, 0.25) is 0 Å². The number of hydrogen-bond donors (Lipinski definition) is 0. The zero-order chi connectivity index (χ0) is 6.53. The molecule has 1 rings (SSSR count). The predicted octanol–water partition coefficient (Wildman–Crippen LogP) is 2.03. The van der Waals surface area contributed by atoms with Gasteiger partial charge in [0.1, 0.15) is 5.51 Å². The third-order valence-electron chi connectivity index (χ3n) is 0.643. The monoisotopic (exact) mass is 224 g/mol. The topological polar surface area (TPSA) is 25.8 Å². The fourth-order valence-electron chi connectivity index (χ4n) is 0.352. The first-order valence-electron chi connectivity index (χ1n) is 2.38. The van der Waals surface area contributed by atoms with Gasteiger partial charge in [0.25, 0.3) is 0 Å². The van der Waals surface area contributed by atoms with E-state index in [1.807, 2.05) is 0 Å². The van der Waals surface area contributed by atoms with Gasteiger partial charge in [0, 0.05) is 11.1 Å². The van der Waals surface area contributed by atoms with Gasteiger partial charge in [-0.3, -0.25) is 0 Å². The van der Waals surface area contributed by atoms with E-state index in [4.69, 9.17) is 0 Å². The van der Waals surface area contributed by atoms with E-state index in [0.717, 1.165) is 15.4 Å². The number of rotatable bonds is 3. The Kier molecular flexibility index (Phi) is 3.54. The molecule has 2 nitrogen and oxygen atoms in total. The van der Waals surface area contributed by atoms with Crippen LogP contribution in [0.4, 0.5) is 0 Å². The van der Waals surface area contributed by atoms with Crippen molar-refractivity contribution in [1.82, 2.24) is 10.2 Å². The van der Waals surface area contributed by atoms with E-state index in [-0.39, 0.29) is 0 Å². The van der Waals surface area contributed by atoms with Crippen LogP contribution < -0.4 is 0 Å². The van der Waals surface area contributed by atoms with Gasteiger partial charge < -0.3 is 0 Å². The van der Waals surface area contributed by atoms with Crippen LogP contribution >= 0.6 is 39.0 Å². The molecular formula is C4H5BrN2S2. The molecule has 9 heavy (non-hydrogen) atoms. The van der Waals surface area contributed by atoms with Crippen molar-refractivity contribution in [3.8, 4) is 0 Å². The van der Waals surface area contributed by atoms with Gasteiger partial charge in [-0.1, -0.05) is 39.0 Å². The molecule has 1 heterocycles. The SMILES string of the molecule is BrCCSc1nncs1. The molecule has 0 aromatic carbocycles. The van der Waals surface area contributed by atoms with Crippen LogP contribution in [0.5, 0.6) is 0 Å². The molecule has 0 spiro atoms. The number of aromatic nitrogens is 2. The van der Waals surface area contributed by atoms with Crippen molar-refractivity contribution in [2.75, 3.05) is 11.1 Å². The number of alkyl halides is 1. The van der Waals surface area contributed by atoms with Crippen LogP contribution in [0.1, 0.15) is 0 Å². The third kappa shape index (κ3) is 2.64. The molecular weight excluding hydrogens is 220 g/mol. The first kappa shape index (κ1) is 7.50. The maximum Gasteiger partial charge on any atom is 0.174 e. The van der Waals surface area contributed by atoms with E-state index in [1.54, 1.807) is 28.6 Å². The van der Waals surface area contributed by atoms with Crippen LogP contribution in [0, 0.1) is 0 Å². The van der Waals surface area contributed by atoms with Gasteiger partial charge in [-0.2, -0.15) is 0 Å². The van der Waals surface area contributed by atoms with E-state index in [2.05, 4.69) is 26.1 Å². The van der Waals surface area contributed by atoms with Crippen molar-refractivity contribution < 1.29 is 0 Å². The summed E-state index contributed by atoms with van der Waals surface area (Å²) in [5, 5.41) is 8.58. The second-order valence-electron chi connectivity index (χ2n) is 1.24. The average molecular weight is 225 g/mol. The number of hydrogen-bond acceptors (Lipinski definition) is 4. The molecule has 0 atom stereocenters. The molecule has 0 fully saturated rings. The summed E-state index contributed by atoms with van der Waals surface area (Å²) in [5.74, 6) is 1.06. The second kappa shape index (κ2) is 4.24. The van der Waals surface area contributed by atoms with Crippen molar-refractivity contribution in [2.45, 2.75) is 4.34 Å². The van der Waals surface area contributed by atoms with Gasteiger partial charge in [0.15, 0.2) is 4.34 Å². The minimum absolute atomic E-state index is 1.01. The largest absolute Gasteiger partial charge is 0.174 e. The lowest BCUT2D eigenvalue weighted by Crippen LogP contribution is -1.77. The summed E-state index contributed by atoms with van der Waals surface area (Å²) in [5.41, 5.74) is 1.75. The second-order valence-corrected chi connectivity index (χ2v) is 4.21. The van der Waals surface area contributed by atoms with Crippen LogP contribution in [-0.2, 0) is 0 Å². The van der Waals surface area contributed by atoms with Crippen LogP contribution in [0.25, 0.3) is 0 Å². The van der Waals surface area contributed by atoms with Crippen molar-refractivity contribution >= 4 is 39.0 Å². The van der Waals surface area contributed by atoms with Gasteiger partial charge in [0.05, 0.1) is 0 Å². The third-order valence-corrected chi connectivity index (χ3v) is 3.43. The maximum absolute atomic E-state index is 3.86. The standard InChI is InChI=1S/C4H5BrN2S2/c5-1-2-8-4-7-6-3-9-4/h3H,1-2H2. The highest BCUT2D eigenvalue weighted by molar-refractivity contribution is 9.09. The molecule has 0 unspecified atom stereocenters. The van der Waals surface area contributed by atoms with E-state index >= 15 is 0 Å². The smallest absolute Gasteiger partial charge is 0.146 e. The molecule has 0 aliphatic heterocycles. The molecule has 0 N–H and O–H groups in total. The highest BCUT2D eigenvalue weighted by Crippen LogP contribution is 2.18. The summed E-state index contributed by atoms with van der Waals surface area (Å²) in [6.07, 6.45) is 0. The minimum atomic E-state index is 1.01. The number of thioether (sulfide) groups is 1. The molecule has 0 saturated carbocycles. The highest BCUT2D eigenvalue weighted by atomic mass is 79.9. The maximum atomic E-state index is 3.86. The Hall–Kier alpha value is 0.390. The van der Waals surface area contributed by atoms with Crippen LogP contribution in [-0.4, -0.2) is 21.3 Å². The summed E-state index contributed by atoms with van der Waals surface area (Å²) in [6.45, 7) is 0. The fourth-order valence-corrected chi connectivity index (χ4v) is 2.12. The lowest BCUT2D eigenvalue weighted by molar-refractivity contribution is 1.01. The van der Waals surface area contributed by atoms with Gasteiger partial charge in [-0.25, -0.2) is 0 Å². The first-order chi connectivity index (χ1) is 4.43. The Bertz CT molecular complexity index is 154. The van der Waals surface area contributed by atoms with Crippen molar-refractivity contribution in [1.29, 1.82) is 0 Å². The zero-order valence-electron chi connectivity index (χ0n) is 4.58. The Balaban J connectivity index is 2.30. The molecule has 1 aromatic heterocycles. The van der Waals surface area contributed by atoms with Crippen LogP contribution in [0.2, 0.25) is 0 Å². The Morgan fingerprint density at radius 2 is 2.67 bits per heavy atom. The quantitative estimate of drug-likeness (QED) is 0.581.